The van der Waals surface area contributed by atoms with E-state index < -0.39 is 17.4 Å². The van der Waals surface area contributed by atoms with Gasteiger partial charge in [0.2, 0.25) is 17.7 Å². The number of nitrogens with one attached hydrogen (secondary N) is 1. The summed E-state index contributed by atoms with van der Waals surface area (Å²) in [5.41, 5.74) is 0.746. The molecule has 0 unspecified atom stereocenters. The quantitative estimate of drug-likeness (QED) is 0.646. The topological polar surface area (TPSA) is 90.0 Å². The van der Waals surface area contributed by atoms with Gasteiger partial charge in [-0.1, -0.05) is 48.5 Å². The molecule has 0 aromatic heterocycles. The summed E-state index contributed by atoms with van der Waals surface area (Å²) in [5.74, 6) is -2.62. The van der Waals surface area contributed by atoms with Crippen molar-refractivity contribution in [1.29, 1.82) is 0 Å². The highest BCUT2D eigenvalue weighted by Gasteiger charge is 2.70. The summed E-state index contributed by atoms with van der Waals surface area (Å²) in [6.07, 6.45) is 0. The van der Waals surface area contributed by atoms with Crippen LogP contribution in [0.1, 0.15) is 31.9 Å². The number of hydrogen-bond donors (Lipinski definition) is 1. The molecule has 1 spiro atoms. The first kappa shape index (κ1) is 23.2. The fraction of sp³-hybridized carbons (Fsp3) is 0.407. The van der Waals surface area contributed by atoms with Crippen molar-refractivity contribution in [2.75, 3.05) is 24.5 Å². The van der Waals surface area contributed by atoms with E-state index in [1.54, 1.807) is 11.0 Å². The van der Waals surface area contributed by atoms with Gasteiger partial charge in [0.25, 0.3) is 5.91 Å². The van der Waals surface area contributed by atoms with E-state index >= 15 is 0 Å². The number of anilines is 1. The van der Waals surface area contributed by atoms with E-state index in [0.29, 0.717) is 24.3 Å². The summed E-state index contributed by atoms with van der Waals surface area (Å²) in [4.78, 5) is 58.9. The summed E-state index contributed by atoms with van der Waals surface area (Å²) in [6, 6.07) is 16.3. The minimum absolute atomic E-state index is 0.109. The fourth-order valence-corrected chi connectivity index (χ4v) is 6.06. The molecule has 3 aliphatic rings. The summed E-state index contributed by atoms with van der Waals surface area (Å²) >= 11 is 0. The average Bonchev–Trinajstić information content (AvgIpc) is 3.40. The van der Waals surface area contributed by atoms with Crippen LogP contribution in [0.5, 0.6) is 0 Å². The van der Waals surface area contributed by atoms with Crippen molar-refractivity contribution in [2.45, 2.75) is 38.9 Å². The summed E-state index contributed by atoms with van der Waals surface area (Å²) in [6.45, 7) is 6.81. The van der Waals surface area contributed by atoms with Crippen LogP contribution in [0.4, 0.5) is 5.69 Å². The van der Waals surface area contributed by atoms with Crippen molar-refractivity contribution in [2.24, 2.45) is 11.8 Å². The van der Waals surface area contributed by atoms with E-state index in [4.69, 9.17) is 0 Å². The van der Waals surface area contributed by atoms with Gasteiger partial charge in [0.05, 0.1) is 18.4 Å². The highest BCUT2D eigenvalue weighted by molar-refractivity contribution is 6.17. The first-order chi connectivity index (χ1) is 16.8. The molecule has 2 fully saturated rings. The number of nitrogens with zero attached hydrogens (tertiary/aromatic N) is 3. The van der Waals surface area contributed by atoms with Crippen molar-refractivity contribution in [3.63, 3.8) is 0 Å². The largest absolute Gasteiger partial charge is 0.342 e. The number of fused-ring (bicyclic) bond motifs is 4. The van der Waals surface area contributed by atoms with E-state index in [-0.39, 0.29) is 42.8 Å². The Hall–Kier alpha value is -3.52. The van der Waals surface area contributed by atoms with E-state index in [1.165, 1.54) is 9.80 Å². The van der Waals surface area contributed by atoms with Gasteiger partial charge in [0, 0.05) is 30.4 Å². The number of imide groups is 1. The number of likely N-dealkylation sites (tertiary alicyclic amines) is 1. The molecule has 3 aliphatic heterocycles. The van der Waals surface area contributed by atoms with E-state index in [9.17, 15) is 19.2 Å². The molecule has 182 valence electrons. The fourth-order valence-electron chi connectivity index (χ4n) is 6.06. The van der Waals surface area contributed by atoms with E-state index in [1.807, 2.05) is 69.3 Å². The maximum atomic E-state index is 14.1. The number of carbonyl (C=O) groups is 4. The average molecular weight is 475 g/mol. The van der Waals surface area contributed by atoms with Gasteiger partial charge in [-0.2, -0.15) is 0 Å². The third-order valence-corrected chi connectivity index (χ3v) is 7.70. The van der Waals surface area contributed by atoms with Crippen LogP contribution in [0.3, 0.4) is 0 Å². The van der Waals surface area contributed by atoms with Gasteiger partial charge in [-0.25, -0.2) is 0 Å². The first-order valence-electron chi connectivity index (χ1n) is 12.2. The number of benzene rings is 2. The molecule has 8 nitrogen and oxygen atoms in total. The van der Waals surface area contributed by atoms with Crippen LogP contribution in [0, 0.1) is 11.8 Å². The molecule has 1 N–H and O–H groups in total. The first-order valence-corrected chi connectivity index (χ1v) is 12.2. The zero-order valence-electron chi connectivity index (χ0n) is 20.2. The predicted molar refractivity (Wildman–Crippen MR) is 130 cm³/mol. The van der Waals surface area contributed by atoms with Crippen molar-refractivity contribution in [1.82, 2.24) is 15.1 Å². The van der Waals surface area contributed by atoms with Crippen molar-refractivity contribution < 1.29 is 19.2 Å². The zero-order valence-corrected chi connectivity index (χ0v) is 20.2. The molecule has 0 radical (unpaired) electrons. The number of carbonyl (C=O) groups excluding carboxylic acids is 4. The number of amides is 4. The van der Waals surface area contributed by atoms with Crippen LogP contribution in [0.25, 0.3) is 0 Å². The number of likely N-dealkylation sites (N-methyl/N-ethyl adjacent to an activating group) is 1. The SMILES string of the molecule is CCN(CC)C(=O)CN1C(=O)[C@]2(N[C@@H](C)[C@H]3C(=O)N(Cc4ccccc4)C(=O)[C@H]32)c2ccccc21. The second-order valence-corrected chi connectivity index (χ2v) is 9.47. The smallest absolute Gasteiger partial charge is 0.253 e. The lowest BCUT2D eigenvalue weighted by molar-refractivity contribution is -0.143. The van der Waals surface area contributed by atoms with Gasteiger partial charge in [0.15, 0.2) is 0 Å². The molecule has 35 heavy (non-hydrogen) atoms. The van der Waals surface area contributed by atoms with Crippen molar-refractivity contribution in [3.8, 4) is 0 Å². The van der Waals surface area contributed by atoms with Crippen molar-refractivity contribution >= 4 is 29.3 Å². The maximum absolute atomic E-state index is 14.1. The van der Waals surface area contributed by atoms with Crippen molar-refractivity contribution in [3.05, 3.63) is 65.7 Å². The second kappa shape index (κ2) is 8.61. The number of rotatable bonds is 6. The number of hydrogen-bond acceptors (Lipinski definition) is 5. The highest BCUT2D eigenvalue weighted by atomic mass is 16.2. The molecule has 2 aromatic carbocycles. The Morgan fingerprint density at radius 1 is 0.943 bits per heavy atom. The molecule has 0 saturated carbocycles. The van der Waals surface area contributed by atoms with Gasteiger partial charge in [0.1, 0.15) is 12.1 Å². The molecule has 0 aliphatic carbocycles. The normalized spacial score (nSPS) is 27.1. The highest BCUT2D eigenvalue weighted by Crippen LogP contribution is 2.54. The zero-order chi connectivity index (χ0) is 24.9. The molecule has 4 atom stereocenters. The maximum Gasteiger partial charge on any atom is 0.253 e. The Labute approximate surface area is 204 Å². The third-order valence-electron chi connectivity index (χ3n) is 7.70. The minimum Gasteiger partial charge on any atom is -0.342 e. The Kier molecular flexibility index (Phi) is 5.71. The summed E-state index contributed by atoms with van der Waals surface area (Å²) < 4.78 is 0. The third kappa shape index (κ3) is 3.31. The van der Waals surface area contributed by atoms with Gasteiger partial charge in [-0.05, 0) is 32.4 Å². The number of para-hydroxylation sites is 1. The molecular formula is C27H30N4O4. The molecule has 2 aromatic rings. The lowest BCUT2D eigenvalue weighted by atomic mass is 9.76. The van der Waals surface area contributed by atoms with E-state index in [2.05, 4.69) is 5.32 Å². The van der Waals surface area contributed by atoms with Crippen LogP contribution >= 0.6 is 0 Å². The lowest BCUT2D eigenvalue weighted by Gasteiger charge is -2.30. The Morgan fingerprint density at radius 3 is 2.29 bits per heavy atom. The van der Waals surface area contributed by atoms with Gasteiger partial charge in [-0.3, -0.25) is 29.4 Å². The van der Waals surface area contributed by atoms with Gasteiger partial charge >= 0.3 is 0 Å². The summed E-state index contributed by atoms with van der Waals surface area (Å²) in [5, 5.41) is 3.36. The molecule has 8 heteroatoms. The van der Waals surface area contributed by atoms with Crippen LogP contribution in [0.2, 0.25) is 0 Å². The molecule has 2 saturated heterocycles. The molecule has 0 bridgehead atoms. The Morgan fingerprint density at radius 2 is 1.60 bits per heavy atom. The van der Waals surface area contributed by atoms with Crippen LogP contribution in [-0.2, 0) is 31.3 Å². The van der Waals surface area contributed by atoms with Crippen LogP contribution in [-0.4, -0.2) is 59.1 Å². The Balaban J connectivity index is 1.54. The Bertz CT molecular complexity index is 1190. The summed E-state index contributed by atoms with van der Waals surface area (Å²) in [7, 11) is 0. The predicted octanol–water partition coefficient (Wildman–Crippen LogP) is 1.89. The van der Waals surface area contributed by atoms with Crippen LogP contribution < -0.4 is 10.2 Å². The minimum atomic E-state index is -1.37. The lowest BCUT2D eigenvalue weighted by Crippen LogP contribution is -2.55. The standard InChI is InChI=1S/C27H30N4O4/c1-4-29(5-2)21(32)16-30-20-14-10-9-13-19(20)27(26(30)35)23-22(17(3)28-27)24(33)31(25(23)34)15-18-11-7-6-8-12-18/h6-14,17,22-23,28H,4-5,15-16H2,1-3H3/t17-,22+,23-,27-/m0/s1. The molecule has 3 heterocycles. The van der Waals surface area contributed by atoms with E-state index in [0.717, 1.165) is 5.56 Å². The molecule has 4 amide bonds. The molecule has 5 rings (SSSR count). The van der Waals surface area contributed by atoms with Crippen LogP contribution in [0.15, 0.2) is 54.6 Å². The molecular weight excluding hydrogens is 444 g/mol. The second-order valence-electron chi connectivity index (χ2n) is 9.47. The monoisotopic (exact) mass is 474 g/mol. The van der Waals surface area contributed by atoms with Gasteiger partial charge < -0.3 is 9.80 Å². The van der Waals surface area contributed by atoms with Gasteiger partial charge in [-0.15, -0.1) is 0 Å².